The Labute approximate surface area is 152 Å². The van der Waals surface area contributed by atoms with Crippen molar-refractivity contribution in [2.24, 2.45) is 5.92 Å². The molecule has 0 bridgehead atoms. The van der Waals surface area contributed by atoms with Gasteiger partial charge < -0.3 is 10.2 Å². The quantitative estimate of drug-likeness (QED) is 0.475. The Morgan fingerprint density at radius 2 is 1.60 bits per heavy atom. The van der Waals surface area contributed by atoms with E-state index >= 15 is 0 Å². The molecule has 0 aliphatic heterocycles. The average molecular weight is 350 g/mol. The van der Waals surface area contributed by atoms with E-state index < -0.39 is 11.6 Å². The molecule has 1 aliphatic carbocycles. The van der Waals surface area contributed by atoms with Crippen LogP contribution in [0.2, 0.25) is 0 Å². The standard InChI is InChI=1S/C21H34O4/c1-18(22)19(12-7-3-4-8-14-20(23)24)13-11-17-21(25)15-9-5-2-6-10-16-21/h19,25H,2-10,12-16H2,1H3,(H,23,24). The summed E-state index contributed by atoms with van der Waals surface area (Å²) in [6.45, 7) is 1.61. The van der Waals surface area contributed by atoms with Gasteiger partial charge in [0, 0.05) is 18.8 Å². The molecule has 0 aromatic rings. The number of ketones is 1. The number of unbranched alkanes of at least 4 members (excludes halogenated alkanes) is 3. The van der Waals surface area contributed by atoms with E-state index in [0.29, 0.717) is 12.8 Å². The monoisotopic (exact) mass is 350 g/mol. The number of rotatable bonds is 9. The Bertz CT molecular complexity index is 464. The van der Waals surface area contributed by atoms with Gasteiger partial charge in [-0.25, -0.2) is 0 Å². The lowest BCUT2D eigenvalue weighted by atomic mass is 9.87. The van der Waals surface area contributed by atoms with Gasteiger partial charge in [-0.15, -0.1) is 0 Å². The van der Waals surface area contributed by atoms with Gasteiger partial charge in [0.15, 0.2) is 0 Å². The molecule has 142 valence electrons. The van der Waals surface area contributed by atoms with Crippen molar-refractivity contribution < 1.29 is 19.8 Å². The molecule has 1 atom stereocenters. The molecule has 1 rings (SSSR count). The fourth-order valence-corrected chi connectivity index (χ4v) is 3.42. The van der Waals surface area contributed by atoms with E-state index in [4.69, 9.17) is 5.11 Å². The molecule has 0 aromatic carbocycles. The maximum absolute atomic E-state index is 11.8. The molecule has 0 spiro atoms. The van der Waals surface area contributed by atoms with Crippen molar-refractivity contribution in [3.8, 4) is 11.8 Å². The number of aliphatic carboxylic acids is 1. The SMILES string of the molecule is CC(=O)C(CC#CC1(O)CCCCCCC1)CCCCCCC(=O)O. The number of carboxylic acids is 1. The van der Waals surface area contributed by atoms with Crippen LogP contribution in [0, 0.1) is 17.8 Å². The number of Topliss-reactive ketones (excluding diaryl/α,β-unsaturated/α-hetero) is 1. The minimum absolute atomic E-state index is 0.0656. The van der Waals surface area contributed by atoms with Crippen LogP contribution in [0.4, 0.5) is 0 Å². The highest BCUT2D eigenvalue weighted by Crippen LogP contribution is 2.26. The summed E-state index contributed by atoms with van der Waals surface area (Å²) in [4.78, 5) is 22.3. The Morgan fingerprint density at radius 3 is 2.20 bits per heavy atom. The summed E-state index contributed by atoms with van der Waals surface area (Å²) in [7, 11) is 0. The first kappa shape index (κ1) is 21.7. The molecule has 0 heterocycles. The van der Waals surface area contributed by atoms with Gasteiger partial charge in [0.05, 0.1) is 0 Å². The first-order valence-corrected chi connectivity index (χ1v) is 9.87. The second kappa shape index (κ2) is 12.1. The van der Waals surface area contributed by atoms with Crippen LogP contribution in [0.15, 0.2) is 0 Å². The third kappa shape index (κ3) is 10.3. The van der Waals surface area contributed by atoms with Gasteiger partial charge >= 0.3 is 5.97 Å². The third-order valence-corrected chi connectivity index (χ3v) is 5.12. The summed E-state index contributed by atoms with van der Waals surface area (Å²) < 4.78 is 0. The second-order valence-corrected chi connectivity index (χ2v) is 7.46. The Kier molecular flexibility index (Phi) is 10.5. The Hall–Kier alpha value is -1.34. The normalized spacial score (nSPS) is 18.3. The summed E-state index contributed by atoms with van der Waals surface area (Å²) in [5, 5.41) is 19.2. The molecular weight excluding hydrogens is 316 g/mol. The van der Waals surface area contributed by atoms with Gasteiger partial charge in [-0.05, 0) is 45.4 Å². The van der Waals surface area contributed by atoms with E-state index in [2.05, 4.69) is 11.8 Å². The third-order valence-electron chi connectivity index (χ3n) is 5.12. The summed E-state index contributed by atoms with van der Waals surface area (Å²) in [6, 6.07) is 0. The van der Waals surface area contributed by atoms with Gasteiger partial charge in [0.2, 0.25) is 0 Å². The zero-order valence-electron chi connectivity index (χ0n) is 15.7. The molecule has 4 nitrogen and oxygen atoms in total. The lowest BCUT2D eigenvalue weighted by Crippen LogP contribution is -2.27. The fourth-order valence-electron chi connectivity index (χ4n) is 3.42. The summed E-state index contributed by atoms with van der Waals surface area (Å²) in [6.07, 6.45) is 12.1. The molecule has 25 heavy (non-hydrogen) atoms. The van der Waals surface area contributed by atoms with Gasteiger partial charge in [-0.2, -0.15) is 0 Å². The lowest BCUT2D eigenvalue weighted by Gasteiger charge is -2.24. The minimum atomic E-state index is -0.863. The van der Waals surface area contributed by atoms with Crippen molar-refractivity contribution in [1.82, 2.24) is 0 Å². The van der Waals surface area contributed by atoms with Crippen LogP contribution in [0.1, 0.15) is 96.8 Å². The Morgan fingerprint density at radius 1 is 1.00 bits per heavy atom. The molecule has 1 saturated carbocycles. The molecule has 0 saturated heterocycles. The van der Waals surface area contributed by atoms with Crippen molar-refractivity contribution in [1.29, 1.82) is 0 Å². The number of aliphatic hydroxyl groups is 1. The highest BCUT2D eigenvalue weighted by molar-refractivity contribution is 5.78. The van der Waals surface area contributed by atoms with Gasteiger partial charge in [-0.3, -0.25) is 9.59 Å². The zero-order valence-corrected chi connectivity index (χ0v) is 15.7. The number of carbonyl (C=O) groups excluding carboxylic acids is 1. The highest BCUT2D eigenvalue weighted by Gasteiger charge is 2.24. The largest absolute Gasteiger partial charge is 0.481 e. The first-order chi connectivity index (χ1) is 11.9. The van der Waals surface area contributed by atoms with E-state index in [9.17, 15) is 14.7 Å². The zero-order chi connectivity index (χ0) is 18.5. The van der Waals surface area contributed by atoms with Crippen LogP contribution in [0.25, 0.3) is 0 Å². The average Bonchev–Trinajstić information content (AvgIpc) is 2.52. The smallest absolute Gasteiger partial charge is 0.303 e. The van der Waals surface area contributed by atoms with Crippen molar-refractivity contribution in [3.63, 3.8) is 0 Å². The highest BCUT2D eigenvalue weighted by atomic mass is 16.4. The topological polar surface area (TPSA) is 74.6 Å². The van der Waals surface area contributed by atoms with Crippen LogP contribution in [0.3, 0.4) is 0 Å². The summed E-state index contributed by atoms with van der Waals surface area (Å²) in [5.41, 5.74) is -0.863. The molecule has 0 radical (unpaired) electrons. The van der Waals surface area contributed by atoms with Crippen molar-refractivity contribution in [2.75, 3.05) is 0 Å². The predicted octanol–water partition coefficient (Wildman–Crippen LogP) is 4.49. The molecule has 2 N–H and O–H groups in total. The number of carbonyl (C=O) groups is 2. The van der Waals surface area contributed by atoms with E-state index in [1.807, 2.05) is 0 Å². The minimum Gasteiger partial charge on any atom is -0.481 e. The van der Waals surface area contributed by atoms with E-state index in [1.54, 1.807) is 6.92 Å². The molecule has 0 amide bonds. The van der Waals surface area contributed by atoms with Crippen LogP contribution < -0.4 is 0 Å². The summed E-state index contributed by atoms with van der Waals surface area (Å²) >= 11 is 0. The van der Waals surface area contributed by atoms with Gasteiger partial charge in [0.25, 0.3) is 0 Å². The Balaban J connectivity index is 2.37. The van der Waals surface area contributed by atoms with E-state index in [1.165, 1.54) is 19.3 Å². The maximum atomic E-state index is 11.8. The lowest BCUT2D eigenvalue weighted by molar-refractivity contribution is -0.137. The van der Waals surface area contributed by atoms with Crippen molar-refractivity contribution in [3.05, 3.63) is 0 Å². The van der Waals surface area contributed by atoms with Gasteiger partial charge in [-0.1, -0.05) is 50.4 Å². The second-order valence-electron chi connectivity index (χ2n) is 7.46. The van der Waals surface area contributed by atoms with Crippen LogP contribution in [-0.4, -0.2) is 27.6 Å². The fraction of sp³-hybridized carbons (Fsp3) is 0.810. The molecule has 4 heteroatoms. The van der Waals surface area contributed by atoms with Crippen molar-refractivity contribution in [2.45, 2.75) is 102 Å². The number of hydrogen-bond donors (Lipinski definition) is 2. The molecule has 1 fully saturated rings. The van der Waals surface area contributed by atoms with E-state index in [-0.39, 0.29) is 18.1 Å². The maximum Gasteiger partial charge on any atom is 0.303 e. The van der Waals surface area contributed by atoms with Crippen LogP contribution >= 0.6 is 0 Å². The number of hydrogen-bond acceptors (Lipinski definition) is 3. The van der Waals surface area contributed by atoms with E-state index in [0.717, 1.165) is 51.4 Å². The molecule has 1 aliphatic rings. The summed E-state index contributed by atoms with van der Waals surface area (Å²) in [5.74, 6) is 5.50. The van der Waals surface area contributed by atoms with Gasteiger partial charge in [0.1, 0.15) is 11.4 Å². The first-order valence-electron chi connectivity index (χ1n) is 9.87. The molecular formula is C21H34O4. The molecule has 0 aromatic heterocycles. The molecule has 1 unspecified atom stereocenters. The van der Waals surface area contributed by atoms with Crippen molar-refractivity contribution >= 4 is 11.8 Å². The predicted molar refractivity (Wildman–Crippen MR) is 99.2 cm³/mol. The van der Waals surface area contributed by atoms with Crippen LogP contribution in [0.5, 0.6) is 0 Å². The van der Waals surface area contributed by atoms with Crippen LogP contribution in [-0.2, 0) is 9.59 Å². The number of carboxylic acid groups (broad SMARTS) is 1.